The zero-order valence-electron chi connectivity index (χ0n) is 13.4. The molecule has 0 bridgehead atoms. The van der Waals surface area contributed by atoms with Crippen molar-refractivity contribution in [3.8, 4) is 0 Å². The second-order valence-corrected chi connectivity index (χ2v) is 6.34. The fraction of sp³-hybridized carbons (Fsp3) is 0.824. The van der Waals surface area contributed by atoms with Crippen LogP contribution in [0.1, 0.15) is 77.5 Å². The molecule has 20 heavy (non-hydrogen) atoms. The van der Waals surface area contributed by atoms with Crippen molar-refractivity contribution < 1.29 is 0 Å². The smallest absolute Gasteiger partial charge is 0.0762 e. The second kappa shape index (κ2) is 7.82. The standard InChI is InChI=1S/C17H31N3/c1-4-14(3)20-12-11-16(19-20)13-18-17(5-2)15-9-7-6-8-10-15/h11-12,14-15,17-18H,4-10,13H2,1-3H3. The highest BCUT2D eigenvalue weighted by atomic mass is 15.3. The van der Waals surface area contributed by atoms with Crippen molar-refractivity contribution in [1.82, 2.24) is 15.1 Å². The van der Waals surface area contributed by atoms with Gasteiger partial charge >= 0.3 is 0 Å². The minimum atomic E-state index is 0.504. The summed E-state index contributed by atoms with van der Waals surface area (Å²) in [6.07, 6.45) is 11.6. The van der Waals surface area contributed by atoms with E-state index in [4.69, 9.17) is 0 Å². The van der Waals surface area contributed by atoms with Crippen LogP contribution in [-0.2, 0) is 6.54 Å². The van der Waals surface area contributed by atoms with Crippen LogP contribution in [0.25, 0.3) is 0 Å². The maximum absolute atomic E-state index is 4.69. The summed E-state index contributed by atoms with van der Waals surface area (Å²) in [5.74, 6) is 0.880. The van der Waals surface area contributed by atoms with Crippen LogP contribution in [0.4, 0.5) is 0 Å². The third-order valence-corrected chi connectivity index (χ3v) is 4.91. The summed E-state index contributed by atoms with van der Waals surface area (Å²) in [5.41, 5.74) is 1.18. The first kappa shape index (κ1) is 15.6. The number of rotatable bonds is 7. The van der Waals surface area contributed by atoms with Crippen LogP contribution in [0.5, 0.6) is 0 Å². The third kappa shape index (κ3) is 4.08. The molecule has 1 fully saturated rings. The Morgan fingerprint density at radius 2 is 2.00 bits per heavy atom. The van der Waals surface area contributed by atoms with Gasteiger partial charge in [0.2, 0.25) is 0 Å². The van der Waals surface area contributed by atoms with E-state index < -0.39 is 0 Å². The Balaban J connectivity index is 1.84. The summed E-state index contributed by atoms with van der Waals surface area (Å²) in [6.45, 7) is 7.66. The zero-order valence-corrected chi connectivity index (χ0v) is 13.4. The number of nitrogens with one attached hydrogen (secondary N) is 1. The minimum absolute atomic E-state index is 0.504. The van der Waals surface area contributed by atoms with Crippen molar-refractivity contribution in [3.05, 3.63) is 18.0 Å². The first-order valence-electron chi connectivity index (χ1n) is 8.52. The van der Waals surface area contributed by atoms with Gasteiger partial charge in [-0.2, -0.15) is 5.10 Å². The van der Waals surface area contributed by atoms with E-state index in [0.717, 1.165) is 18.9 Å². The maximum atomic E-state index is 4.69. The molecule has 1 N–H and O–H groups in total. The molecule has 1 heterocycles. The van der Waals surface area contributed by atoms with Crippen LogP contribution >= 0.6 is 0 Å². The summed E-state index contributed by atoms with van der Waals surface area (Å²) in [5, 5.41) is 8.44. The molecule has 0 aromatic carbocycles. The van der Waals surface area contributed by atoms with Gasteiger partial charge in [-0.25, -0.2) is 0 Å². The van der Waals surface area contributed by atoms with Crippen LogP contribution in [0.2, 0.25) is 0 Å². The Labute approximate surface area is 124 Å². The van der Waals surface area contributed by atoms with E-state index in [2.05, 4.69) is 48.1 Å². The van der Waals surface area contributed by atoms with Crippen LogP contribution in [0.3, 0.4) is 0 Å². The first-order chi connectivity index (χ1) is 9.74. The molecule has 114 valence electrons. The second-order valence-electron chi connectivity index (χ2n) is 6.34. The molecule has 3 heteroatoms. The van der Waals surface area contributed by atoms with Gasteiger partial charge in [0.1, 0.15) is 0 Å². The van der Waals surface area contributed by atoms with Gasteiger partial charge in [-0.1, -0.05) is 33.1 Å². The van der Waals surface area contributed by atoms with Gasteiger partial charge in [0.05, 0.1) is 5.69 Å². The Morgan fingerprint density at radius 3 is 2.65 bits per heavy atom. The molecule has 0 radical (unpaired) electrons. The molecule has 1 saturated carbocycles. The quantitative estimate of drug-likeness (QED) is 0.805. The Kier molecular flexibility index (Phi) is 6.08. The summed E-state index contributed by atoms with van der Waals surface area (Å²) >= 11 is 0. The zero-order chi connectivity index (χ0) is 14.4. The van der Waals surface area contributed by atoms with Crippen molar-refractivity contribution in [2.24, 2.45) is 5.92 Å². The molecule has 0 spiro atoms. The Morgan fingerprint density at radius 1 is 1.25 bits per heavy atom. The summed E-state index contributed by atoms with van der Waals surface area (Å²) < 4.78 is 2.10. The highest BCUT2D eigenvalue weighted by Crippen LogP contribution is 2.27. The van der Waals surface area contributed by atoms with Crippen molar-refractivity contribution in [2.45, 2.75) is 84.3 Å². The molecular weight excluding hydrogens is 246 g/mol. The fourth-order valence-electron chi connectivity index (χ4n) is 3.32. The van der Waals surface area contributed by atoms with Gasteiger partial charge in [0.15, 0.2) is 0 Å². The predicted molar refractivity (Wildman–Crippen MR) is 84.7 cm³/mol. The van der Waals surface area contributed by atoms with Gasteiger partial charge in [-0.3, -0.25) is 4.68 Å². The van der Waals surface area contributed by atoms with Gasteiger partial charge in [-0.05, 0) is 44.6 Å². The topological polar surface area (TPSA) is 29.9 Å². The SMILES string of the molecule is CCC(NCc1ccn(C(C)CC)n1)C1CCCCC1. The highest BCUT2D eigenvalue weighted by Gasteiger charge is 2.21. The largest absolute Gasteiger partial charge is 0.308 e. The molecule has 1 aliphatic rings. The number of hydrogen-bond acceptors (Lipinski definition) is 2. The lowest BCUT2D eigenvalue weighted by Gasteiger charge is -2.30. The fourth-order valence-corrected chi connectivity index (χ4v) is 3.32. The average molecular weight is 277 g/mol. The Bertz CT molecular complexity index is 379. The van der Waals surface area contributed by atoms with E-state index in [-0.39, 0.29) is 0 Å². The van der Waals surface area contributed by atoms with Crippen molar-refractivity contribution in [2.75, 3.05) is 0 Å². The molecule has 0 amide bonds. The van der Waals surface area contributed by atoms with Crippen LogP contribution < -0.4 is 5.32 Å². The highest BCUT2D eigenvalue weighted by molar-refractivity contribution is 5.00. The number of nitrogens with zero attached hydrogens (tertiary/aromatic N) is 2. The normalized spacial score (nSPS) is 19.9. The molecule has 3 nitrogen and oxygen atoms in total. The molecule has 0 aliphatic heterocycles. The minimum Gasteiger partial charge on any atom is -0.308 e. The molecule has 1 aliphatic carbocycles. The van der Waals surface area contributed by atoms with E-state index >= 15 is 0 Å². The van der Waals surface area contributed by atoms with E-state index in [9.17, 15) is 0 Å². The van der Waals surface area contributed by atoms with Crippen molar-refractivity contribution in [1.29, 1.82) is 0 Å². The lowest BCUT2D eigenvalue weighted by atomic mass is 9.83. The summed E-state index contributed by atoms with van der Waals surface area (Å²) in [6, 6.07) is 3.33. The van der Waals surface area contributed by atoms with Crippen molar-refractivity contribution >= 4 is 0 Å². The van der Waals surface area contributed by atoms with E-state index in [1.54, 1.807) is 0 Å². The number of hydrogen-bond donors (Lipinski definition) is 1. The van der Waals surface area contributed by atoms with Crippen LogP contribution in [-0.4, -0.2) is 15.8 Å². The number of aromatic nitrogens is 2. The first-order valence-corrected chi connectivity index (χ1v) is 8.52. The van der Waals surface area contributed by atoms with E-state index in [1.165, 1.54) is 44.2 Å². The van der Waals surface area contributed by atoms with E-state index in [1.807, 2.05) is 0 Å². The van der Waals surface area contributed by atoms with Crippen LogP contribution in [0, 0.1) is 5.92 Å². The lowest BCUT2D eigenvalue weighted by molar-refractivity contribution is 0.261. The average Bonchev–Trinajstić information content (AvgIpc) is 2.97. The monoisotopic (exact) mass is 277 g/mol. The molecule has 1 aromatic rings. The molecule has 1 aromatic heterocycles. The molecule has 0 saturated heterocycles. The van der Waals surface area contributed by atoms with Gasteiger partial charge < -0.3 is 5.32 Å². The lowest BCUT2D eigenvalue weighted by Crippen LogP contribution is -2.36. The van der Waals surface area contributed by atoms with Gasteiger partial charge in [0.25, 0.3) is 0 Å². The molecule has 2 rings (SSSR count). The van der Waals surface area contributed by atoms with Crippen LogP contribution in [0.15, 0.2) is 12.3 Å². The Hall–Kier alpha value is -0.830. The summed E-state index contributed by atoms with van der Waals surface area (Å²) in [4.78, 5) is 0. The van der Waals surface area contributed by atoms with E-state index in [0.29, 0.717) is 12.1 Å². The van der Waals surface area contributed by atoms with Gasteiger partial charge in [-0.15, -0.1) is 0 Å². The van der Waals surface area contributed by atoms with Crippen molar-refractivity contribution in [3.63, 3.8) is 0 Å². The molecule has 2 atom stereocenters. The molecular formula is C17H31N3. The predicted octanol–water partition coefficient (Wildman–Crippen LogP) is 4.30. The third-order valence-electron chi connectivity index (χ3n) is 4.91. The van der Waals surface area contributed by atoms with Gasteiger partial charge in [0, 0.05) is 24.8 Å². The maximum Gasteiger partial charge on any atom is 0.0762 e. The molecule has 2 unspecified atom stereocenters. The summed E-state index contributed by atoms with van der Waals surface area (Å²) in [7, 11) is 0.